The summed E-state index contributed by atoms with van der Waals surface area (Å²) in [6.07, 6.45) is -4.45. The number of carboxylic acids is 1. The first-order valence-electron chi connectivity index (χ1n) is 7.54. The molecule has 0 spiro atoms. The van der Waals surface area contributed by atoms with Gasteiger partial charge >= 0.3 is 12.1 Å². The molecular formula is C15H17F3N2O5S. The summed E-state index contributed by atoms with van der Waals surface area (Å²) in [5, 5.41) is 10.9. The minimum absolute atomic E-state index is 0.00433. The molecule has 26 heavy (non-hydrogen) atoms. The maximum absolute atomic E-state index is 12.7. The Bertz CT molecular complexity index is 825. The van der Waals surface area contributed by atoms with Gasteiger partial charge in [-0.05, 0) is 31.5 Å². The highest BCUT2D eigenvalue weighted by Gasteiger charge is 2.45. The van der Waals surface area contributed by atoms with E-state index in [1.54, 1.807) is 5.32 Å². The second kappa shape index (κ2) is 6.88. The number of amides is 1. The molecule has 1 atom stereocenters. The Kier molecular flexibility index (Phi) is 5.34. The first-order chi connectivity index (χ1) is 11.8. The van der Waals surface area contributed by atoms with Crippen molar-refractivity contribution in [2.75, 3.05) is 19.6 Å². The Morgan fingerprint density at radius 2 is 2.00 bits per heavy atom. The van der Waals surface area contributed by atoms with E-state index in [2.05, 4.69) is 0 Å². The van der Waals surface area contributed by atoms with Gasteiger partial charge in [-0.25, -0.2) is 8.42 Å². The van der Waals surface area contributed by atoms with Crippen LogP contribution in [-0.2, 0) is 14.8 Å². The van der Waals surface area contributed by atoms with Gasteiger partial charge in [0.1, 0.15) is 6.54 Å². The molecule has 1 amide bonds. The largest absolute Gasteiger partial charge is 0.481 e. The summed E-state index contributed by atoms with van der Waals surface area (Å²) < 4.78 is 62.8. The van der Waals surface area contributed by atoms with Crippen LogP contribution in [-0.4, -0.2) is 55.5 Å². The number of carboxylic acid groups (broad SMARTS) is 1. The van der Waals surface area contributed by atoms with E-state index in [1.165, 1.54) is 25.1 Å². The number of hydrogen-bond donors (Lipinski definition) is 2. The molecule has 0 aromatic heterocycles. The molecule has 2 rings (SSSR count). The molecule has 11 heteroatoms. The molecule has 1 saturated heterocycles. The van der Waals surface area contributed by atoms with Crippen molar-refractivity contribution in [2.45, 2.75) is 24.4 Å². The number of aliphatic carboxylic acids is 1. The lowest BCUT2D eigenvalue weighted by atomic mass is 9.90. The summed E-state index contributed by atoms with van der Waals surface area (Å²) in [6.45, 7) is -0.331. The second-order valence-electron chi connectivity index (χ2n) is 6.28. The SMILES string of the molecule is CC1(C(=O)O)CCN(S(=O)(=O)c2cccc(C(=O)NCC(F)(F)F)c2)C1. The summed E-state index contributed by atoms with van der Waals surface area (Å²) in [4.78, 5) is 22.8. The minimum atomic E-state index is -4.59. The molecule has 1 aromatic carbocycles. The Morgan fingerprint density at radius 1 is 1.35 bits per heavy atom. The molecule has 144 valence electrons. The normalized spacial score (nSPS) is 21.5. The van der Waals surface area contributed by atoms with E-state index in [4.69, 9.17) is 0 Å². The van der Waals surface area contributed by atoms with Crippen LogP contribution in [0.25, 0.3) is 0 Å². The number of carbonyl (C=O) groups excluding carboxylic acids is 1. The zero-order valence-electron chi connectivity index (χ0n) is 13.7. The van der Waals surface area contributed by atoms with Gasteiger partial charge in [-0.2, -0.15) is 17.5 Å². The fourth-order valence-electron chi connectivity index (χ4n) is 2.53. The summed E-state index contributed by atoms with van der Waals surface area (Å²) in [6, 6.07) is 4.60. The number of benzene rings is 1. The number of carbonyl (C=O) groups is 2. The van der Waals surface area contributed by atoms with Crippen LogP contribution >= 0.6 is 0 Å². The predicted octanol–water partition coefficient (Wildman–Crippen LogP) is 1.46. The number of halogens is 3. The van der Waals surface area contributed by atoms with Crippen molar-refractivity contribution in [3.05, 3.63) is 29.8 Å². The molecule has 1 aliphatic rings. The van der Waals surface area contributed by atoms with E-state index < -0.39 is 40.0 Å². The van der Waals surface area contributed by atoms with Crippen LogP contribution < -0.4 is 5.32 Å². The molecule has 0 aliphatic carbocycles. The highest BCUT2D eigenvalue weighted by atomic mass is 32.2. The van der Waals surface area contributed by atoms with Crippen LogP contribution in [0.3, 0.4) is 0 Å². The Morgan fingerprint density at radius 3 is 2.54 bits per heavy atom. The van der Waals surface area contributed by atoms with Crippen LogP contribution in [0.4, 0.5) is 13.2 Å². The molecule has 0 bridgehead atoms. The van der Waals surface area contributed by atoms with Gasteiger partial charge in [0.15, 0.2) is 0 Å². The third kappa shape index (κ3) is 4.33. The highest BCUT2D eigenvalue weighted by molar-refractivity contribution is 7.89. The predicted molar refractivity (Wildman–Crippen MR) is 83.9 cm³/mol. The number of sulfonamides is 1. The van der Waals surface area contributed by atoms with Crippen molar-refractivity contribution in [1.29, 1.82) is 0 Å². The lowest BCUT2D eigenvalue weighted by molar-refractivity contribution is -0.146. The molecule has 2 N–H and O–H groups in total. The lowest BCUT2D eigenvalue weighted by Crippen LogP contribution is -2.35. The van der Waals surface area contributed by atoms with Crippen molar-refractivity contribution < 1.29 is 36.3 Å². The molecule has 1 aromatic rings. The topological polar surface area (TPSA) is 104 Å². The Hall–Kier alpha value is -2.14. The van der Waals surface area contributed by atoms with E-state index >= 15 is 0 Å². The fourth-order valence-corrected chi connectivity index (χ4v) is 4.14. The van der Waals surface area contributed by atoms with Crippen LogP contribution in [0, 0.1) is 5.41 Å². The molecule has 0 saturated carbocycles. The van der Waals surface area contributed by atoms with Crippen molar-refractivity contribution in [3.63, 3.8) is 0 Å². The third-order valence-corrected chi connectivity index (χ3v) is 5.98. The van der Waals surface area contributed by atoms with E-state index in [9.17, 15) is 36.3 Å². The van der Waals surface area contributed by atoms with Gasteiger partial charge < -0.3 is 10.4 Å². The minimum Gasteiger partial charge on any atom is -0.481 e. The van der Waals surface area contributed by atoms with Crippen molar-refractivity contribution in [1.82, 2.24) is 9.62 Å². The highest BCUT2D eigenvalue weighted by Crippen LogP contribution is 2.33. The monoisotopic (exact) mass is 394 g/mol. The van der Waals surface area contributed by atoms with E-state index in [0.717, 1.165) is 10.4 Å². The van der Waals surface area contributed by atoms with Gasteiger partial charge in [0.05, 0.1) is 10.3 Å². The first-order valence-corrected chi connectivity index (χ1v) is 8.98. The summed E-state index contributed by atoms with van der Waals surface area (Å²) in [5.74, 6) is -2.17. The quantitative estimate of drug-likeness (QED) is 0.787. The molecular weight excluding hydrogens is 377 g/mol. The van der Waals surface area contributed by atoms with Gasteiger partial charge in [0.2, 0.25) is 10.0 Å². The van der Waals surface area contributed by atoms with Gasteiger partial charge in [-0.15, -0.1) is 0 Å². The van der Waals surface area contributed by atoms with Gasteiger partial charge in [0, 0.05) is 18.7 Å². The maximum Gasteiger partial charge on any atom is 0.405 e. The first kappa shape index (κ1) is 20.2. The molecule has 7 nitrogen and oxygen atoms in total. The summed E-state index contributed by atoms with van der Waals surface area (Å²) >= 11 is 0. The van der Waals surface area contributed by atoms with E-state index in [-0.39, 0.29) is 30.0 Å². The zero-order valence-corrected chi connectivity index (χ0v) is 14.5. The molecule has 1 fully saturated rings. The molecule has 1 unspecified atom stereocenters. The lowest BCUT2D eigenvalue weighted by Gasteiger charge is -2.20. The number of nitrogens with one attached hydrogen (secondary N) is 1. The van der Waals surface area contributed by atoms with Gasteiger partial charge in [-0.3, -0.25) is 9.59 Å². The second-order valence-corrected chi connectivity index (χ2v) is 8.22. The third-order valence-electron chi connectivity index (χ3n) is 4.14. The van der Waals surface area contributed by atoms with Gasteiger partial charge in [-0.1, -0.05) is 6.07 Å². The van der Waals surface area contributed by atoms with Crippen molar-refractivity contribution >= 4 is 21.9 Å². The average Bonchev–Trinajstić information content (AvgIpc) is 2.97. The number of nitrogens with zero attached hydrogens (tertiary/aromatic N) is 1. The van der Waals surface area contributed by atoms with Crippen molar-refractivity contribution in [2.24, 2.45) is 5.41 Å². The van der Waals surface area contributed by atoms with E-state index in [0.29, 0.717) is 0 Å². The average molecular weight is 394 g/mol. The number of hydrogen-bond acceptors (Lipinski definition) is 4. The fraction of sp³-hybridized carbons (Fsp3) is 0.467. The van der Waals surface area contributed by atoms with Crippen LogP contribution in [0.15, 0.2) is 29.2 Å². The van der Waals surface area contributed by atoms with Crippen LogP contribution in [0.2, 0.25) is 0 Å². The zero-order chi connectivity index (χ0) is 19.8. The number of rotatable bonds is 5. The summed E-state index contributed by atoms with van der Waals surface area (Å²) in [7, 11) is -4.07. The van der Waals surface area contributed by atoms with Crippen molar-refractivity contribution in [3.8, 4) is 0 Å². The number of alkyl halides is 3. The van der Waals surface area contributed by atoms with Crippen LogP contribution in [0.1, 0.15) is 23.7 Å². The van der Waals surface area contributed by atoms with Crippen LogP contribution in [0.5, 0.6) is 0 Å². The Balaban J connectivity index is 2.21. The maximum atomic E-state index is 12.7. The smallest absolute Gasteiger partial charge is 0.405 e. The summed E-state index contributed by atoms with van der Waals surface area (Å²) in [5.41, 5.74) is -1.45. The Labute approximate surface area is 147 Å². The molecule has 1 heterocycles. The standard InChI is InChI=1S/C15H17F3N2O5S/c1-14(13(22)23)5-6-20(9-14)26(24,25)11-4-2-3-10(7-11)12(21)19-8-15(16,17)18/h2-4,7H,5-6,8-9H2,1H3,(H,19,21)(H,22,23). The van der Waals surface area contributed by atoms with E-state index in [1.807, 2.05) is 0 Å². The molecule has 0 radical (unpaired) electrons. The van der Waals surface area contributed by atoms with Gasteiger partial charge in [0.25, 0.3) is 5.91 Å². The molecule has 1 aliphatic heterocycles.